The number of anilines is 2. The van der Waals surface area contributed by atoms with E-state index in [0.717, 1.165) is 25.2 Å². The van der Waals surface area contributed by atoms with Crippen molar-refractivity contribution in [1.29, 1.82) is 0 Å². The lowest BCUT2D eigenvalue weighted by Gasteiger charge is -2.28. The summed E-state index contributed by atoms with van der Waals surface area (Å²) in [5.74, 6) is -0.210. The number of benzene rings is 1. The van der Waals surface area contributed by atoms with Crippen LogP contribution in [0.4, 0.5) is 15.8 Å². The maximum atomic E-state index is 13.5. The predicted molar refractivity (Wildman–Crippen MR) is 77.0 cm³/mol. The van der Waals surface area contributed by atoms with Gasteiger partial charge in [0, 0.05) is 25.7 Å². The summed E-state index contributed by atoms with van der Waals surface area (Å²) >= 11 is 0. The van der Waals surface area contributed by atoms with Gasteiger partial charge in [-0.1, -0.05) is 0 Å². The summed E-state index contributed by atoms with van der Waals surface area (Å²) in [6.07, 6.45) is 3.74. The summed E-state index contributed by atoms with van der Waals surface area (Å²) in [4.78, 5) is 4.93. The van der Waals surface area contributed by atoms with Crippen LogP contribution >= 0.6 is 0 Å². The lowest BCUT2D eigenvalue weighted by Crippen LogP contribution is -2.36. The van der Waals surface area contributed by atoms with Crippen molar-refractivity contribution in [2.45, 2.75) is 32.2 Å². The molecule has 3 rings (SSSR count). The van der Waals surface area contributed by atoms with Gasteiger partial charge in [-0.05, 0) is 50.4 Å². The Balaban J connectivity index is 1.86. The molecule has 2 fully saturated rings. The third kappa shape index (κ3) is 2.41. The summed E-state index contributed by atoms with van der Waals surface area (Å²) in [5.41, 5.74) is 8.26. The van der Waals surface area contributed by atoms with Crippen molar-refractivity contribution in [2.75, 3.05) is 36.8 Å². The van der Waals surface area contributed by atoms with Crippen LogP contribution in [0, 0.1) is 12.7 Å². The van der Waals surface area contributed by atoms with Gasteiger partial charge in [0.25, 0.3) is 0 Å². The first-order valence-corrected chi connectivity index (χ1v) is 7.20. The van der Waals surface area contributed by atoms with Crippen LogP contribution < -0.4 is 10.6 Å². The molecule has 104 valence electrons. The van der Waals surface area contributed by atoms with Gasteiger partial charge in [0.15, 0.2) is 0 Å². The van der Waals surface area contributed by atoms with Gasteiger partial charge in [-0.3, -0.25) is 4.90 Å². The van der Waals surface area contributed by atoms with E-state index in [-0.39, 0.29) is 5.82 Å². The molecule has 4 heteroatoms. The molecule has 2 aliphatic rings. The van der Waals surface area contributed by atoms with E-state index in [4.69, 9.17) is 5.73 Å². The second-order valence-corrected chi connectivity index (χ2v) is 5.79. The van der Waals surface area contributed by atoms with Gasteiger partial charge in [-0.25, -0.2) is 4.39 Å². The van der Waals surface area contributed by atoms with E-state index in [1.54, 1.807) is 6.92 Å². The highest BCUT2D eigenvalue weighted by Crippen LogP contribution is 2.30. The third-order valence-electron chi connectivity index (χ3n) is 4.45. The Labute approximate surface area is 114 Å². The van der Waals surface area contributed by atoms with E-state index in [0.29, 0.717) is 17.3 Å². The van der Waals surface area contributed by atoms with Crippen LogP contribution in [-0.4, -0.2) is 37.1 Å². The van der Waals surface area contributed by atoms with E-state index in [2.05, 4.69) is 9.80 Å². The number of nitrogens with zero attached hydrogens (tertiary/aromatic N) is 2. The third-order valence-corrected chi connectivity index (χ3v) is 4.45. The van der Waals surface area contributed by atoms with E-state index < -0.39 is 0 Å². The molecule has 3 nitrogen and oxygen atoms in total. The molecule has 0 amide bonds. The smallest absolute Gasteiger partial charge is 0.128 e. The zero-order valence-corrected chi connectivity index (χ0v) is 11.5. The quantitative estimate of drug-likeness (QED) is 0.790. The minimum Gasteiger partial charge on any atom is -0.397 e. The van der Waals surface area contributed by atoms with E-state index in [9.17, 15) is 4.39 Å². The highest BCUT2D eigenvalue weighted by Gasteiger charge is 2.29. The molecule has 0 radical (unpaired) electrons. The molecule has 0 aliphatic carbocycles. The maximum Gasteiger partial charge on any atom is 0.128 e. The first-order valence-electron chi connectivity index (χ1n) is 7.20. The summed E-state index contributed by atoms with van der Waals surface area (Å²) in [7, 11) is 0. The number of hydrogen-bond donors (Lipinski definition) is 1. The van der Waals surface area contributed by atoms with Crippen LogP contribution in [0.3, 0.4) is 0 Å². The molecule has 1 atom stereocenters. The number of hydrogen-bond acceptors (Lipinski definition) is 3. The Morgan fingerprint density at radius 2 is 2.00 bits per heavy atom. The second kappa shape index (κ2) is 5.00. The van der Waals surface area contributed by atoms with Gasteiger partial charge in [-0.15, -0.1) is 0 Å². The number of rotatable bonds is 1. The molecule has 0 spiro atoms. The Kier molecular flexibility index (Phi) is 3.35. The van der Waals surface area contributed by atoms with Crippen molar-refractivity contribution in [1.82, 2.24) is 4.90 Å². The zero-order valence-electron chi connectivity index (χ0n) is 11.5. The topological polar surface area (TPSA) is 32.5 Å². The molecule has 0 saturated carbocycles. The number of fused-ring (bicyclic) bond motifs is 1. The molecular formula is C15H22FN3. The fourth-order valence-electron chi connectivity index (χ4n) is 3.38. The number of nitrogen functional groups attached to an aromatic ring is 1. The van der Waals surface area contributed by atoms with Gasteiger partial charge in [-0.2, -0.15) is 0 Å². The van der Waals surface area contributed by atoms with Crippen molar-refractivity contribution < 1.29 is 4.39 Å². The van der Waals surface area contributed by atoms with Gasteiger partial charge in [0.1, 0.15) is 5.82 Å². The number of nitrogens with two attached hydrogens (primary N) is 1. The summed E-state index contributed by atoms with van der Waals surface area (Å²) in [6, 6.07) is 4.00. The fourth-order valence-corrected chi connectivity index (χ4v) is 3.38. The Bertz CT molecular complexity index is 475. The van der Waals surface area contributed by atoms with E-state index >= 15 is 0 Å². The highest BCUT2D eigenvalue weighted by atomic mass is 19.1. The van der Waals surface area contributed by atoms with Crippen LogP contribution in [0.5, 0.6) is 0 Å². The van der Waals surface area contributed by atoms with Crippen molar-refractivity contribution in [3.05, 3.63) is 23.5 Å². The lowest BCUT2D eigenvalue weighted by atomic mass is 10.1. The molecule has 0 bridgehead atoms. The molecule has 0 aromatic heterocycles. The fraction of sp³-hybridized carbons (Fsp3) is 0.600. The molecule has 1 aromatic carbocycles. The second-order valence-electron chi connectivity index (χ2n) is 5.79. The first kappa shape index (κ1) is 12.7. The van der Waals surface area contributed by atoms with Crippen molar-refractivity contribution in [3.8, 4) is 0 Å². The number of aryl methyl sites for hydroxylation is 1. The van der Waals surface area contributed by atoms with Crippen molar-refractivity contribution >= 4 is 11.4 Å². The van der Waals surface area contributed by atoms with Gasteiger partial charge in [0.2, 0.25) is 0 Å². The van der Waals surface area contributed by atoms with Crippen LogP contribution in [-0.2, 0) is 0 Å². The molecule has 2 heterocycles. The minimum atomic E-state index is -0.210. The summed E-state index contributed by atoms with van der Waals surface area (Å²) < 4.78 is 13.5. The van der Waals surface area contributed by atoms with E-state index in [1.165, 1.54) is 32.0 Å². The predicted octanol–water partition coefficient (Wildman–Crippen LogP) is 2.39. The van der Waals surface area contributed by atoms with Crippen LogP contribution in [0.1, 0.15) is 24.8 Å². The molecule has 2 saturated heterocycles. The Morgan fingerprint density at radius 1 is 1.21 bits per heavy atom. The molecule has 1 unspecified atom stereocenters. The minimum absolute atomic E-state index is 0.210. The average molecular weight is 263 g/mol. The van der Waals surface area contributed by atoms with Gasteiger partial charge < -0.3 is 10.6 Å². The standard InChI is InChI=1S/C15H22FN3/c1-11-8-15(14(17)9-13(11)16)19-7-3-6-18-5-2-4-12(18)10-19/h8-9,12H,2-7,10,17H2,1H3. The average Bonchev–Trinajstić information content (AvgIpc) is 2.71. The molecular weight excluding hydrogens is 241 g/mol. The number of halogens is 1. The molecule has 2 N–H and O–H groups in total. The maximum absolute atomic E-state index is 13.5. The molecule has 1 aromatic rings. The highest BCUT2D eigenvalue weighted by molar-refractivity contribution is 5.69. The van der Waals surface area contributed by atoms with Crippen LogP contribution in [0.15, 0.2) is 12.1 Å². The normalized spacial score (nSPS) is 24.3. The van der Waals surface area contributed by atoms with E-state index in [1.807, 2.05) is 6.07 Å². The summed E-state index contributed by atoms with van der Waals surface area (Å²) in [6.45, 7) is 6.26. The lowest BCUT2D eigenvalue weighted by molar-refractivity contribution is 0.273. The SMILES string of the molecule is Cc1cc(N2CCCN3CCCC3C2)c(N)cc1F. The monoisotopic (exact) mass is 263 g/mol. The molecule has 2 aliphatic heterocycles. The Hall–Kier alpha value is -1.29. The van der Waals surface area contributed by atoms with Crippen molar-refractivity contribution in [3.63, 3.8) is 0 Å². The van der Waals surface area contributed by atoms with Gasteiger partial charge in [0.05, 0.1) is 11.4 Å². The van der Waals surface area contributed by atoms with Crippen LogP contribution in [0.2, 0.25) is 0 Å². The zero-order chi connectivity index (χ0) is 13.4. The Morgan fingerprint density at radius 3 is 2.84 bits per heavy atom. The first-order chi connectivity index (χ1) is 9.15. The largest absolute Gasteiger partial charge is 0.397 e. The summed E-state index contributed by atoms with van der Waals surface area (Å²) in [5, 5.41) is 0. The van der Waals surface area contributed by atoms with Crippen LogP contribution in [0.25, 0.3) is 0 Å². The molecule has 19 heavy (non-hydrogen) atoms. The van der Waals surface area contributed by atoms with Crippen molar-refractivity contribution in [2.24, 2.45) is 0 Å². The van der Waals surface area contributed by atoms with Gasteiger partial charge >= 0.3 is 0 Å².